The van der Waals surface area contributed by atoms with E-state index in [1.807, 2.05) is 18.2 Å². The molecule has 0 saturated heterocycles. The Morgan fingerprint density at radius 2 is 2.09 bits per heavy atom. The van der Waals surface area contributed by atoms with E-state index in [1.54, 1.807) is 31.4 Å². The molecule has 2 aromatic heterocycles. The fourth-order valence-electron chi connectivity index (χ4n) is 3.23. The number of aliphatic hydroxyl groups is 1. The molecular weight excluding hydrogens is 448 g/mol. The molecule has 0 aliphatic heterocycles. The fraction of sp³-hybridized carbons (Fsp3) is 0.238. The lowest BCUT2D eigenvalue weighted by atomic mass is 10.1. The molecule has 0 saturated carbocycles. The molecule has 1 atom stereocenters. The van der Waals surface area contributed by atoms with Crippen LogP contribution in [0.1, 0.15) is 11.7 Å². The zero-order valence-corrected chi connectivity index (χ0v) is 18.6. The Balaban J connectivity index is 1.25. The number of benzene rings is 2. The molecule has 4 aromatic rings. The van der Waals surface area contributed by atoms with Crippen molar-refractivity contribution in [2.24, 2.45) is 0 Å². The lowest BCUT2D eigenvalue weighted by Crippen LogP contribution is -2.26. The van der Waals surface area contributed by atoms with Gasteiger partial charge in [0.15, 0.2) is 0 Å². The molecule has 0 amide bonds. The number of fused-ring (bicyclic) bond motifs is 1. The molecule has 5 N–H and O–H groups in total. The van der Waals surface area contributed by atoms with E-state index in [-0.39, 0.29) is 11.4 Å². The molecule has 0 fully saturated rings. The van der Waals surface area contributed by atoms with Gasteiger partial charge < -0.3 is 19.9 Å². The summed E-state index contributed by atoms with van der Waals surface area (Å²) in [6, 6.07) is 12.2. The van der Waals surface area contributed by atoms with E-state index >= 15 is 0 Å². The second-order valence-corrected chi connectivity index (χ2v) is 8.86. The number of aliphatic hydroxyl groups excluding tert-OH is 1. The number of hydrogen-bond donors (Lipinski definition) is 5. The summed E-state index contributed by atoms with van der Waals surface area (Å²) in [6.07, 6.45) is 1.69. The molecular formula is C21H24N6O5S. The van der Waals surface area contributed by atoms with Gasteiger partial charge in [0, 0.05) is 31.0 Å². The Kier molecular flexibility index (Phi) is 6.77. The number of aromatic amines is 2. The van der Waals surface area contributed by atoms with Gasteiger partial charge in [-0.2, -0.15) is 5.10 Å². The van der Waals surface area contributed by atoms with Gasteiger partial charge in [-0.05, 0) is 29.8 Å². The van der Waals surface area contributed by atoms with Crippen LogP contribution in [0.4, 0.5) is 5.69 Å². The van der Waals surface area contributed by atoms with Crippen LogP contribution in [0.25, 0.3) is 10.9 Å². The van der Waals surface area contributed by atoms with E-state index in [2.05, 4.69) is 30.4 Å². The van der Waals surface area contributed by atoms with E-state index in [4.69, 9.17) is 9.47 Å². The zero-order chi connectivity index (χ0) is 23.3. The number of anilines is 1. The second kappa shape index (κ2) is 9.90. The van der Waals surface area contributed by atoms with E-state index in [9.17, 15) is 13.5 Å². The first-order valence-electron chi connectivity index (χ1n) is 10.1. The van der Waals surface area contributed by atoms with Crippen molar-refractivity contribution in [1.29, 1.82) is 0 Å². The number of ether oxygens (including phenoxy) is 2. The smallest absolute Gasteiger partial charge is 0.265 e. The monoisotopic (exact) mass is 472 g/mol. The van der Waals surface area contributed by atoms with Crippen molar-refractivity contribution >= 4 is 26.6 Å². The maximum Gasteiger partial charge on any atom is 0.265 e. The van der Waals surface area contributed by atoms with Gasteiger partial charge in [0.2, 0.25) is 5.88 Å². The predicted molar refractivity (Wildman–Crippen MR) is 122 cm³/mol. The summed E-state index contributed by atoms with van der Waals surface area (Å²) in [5.74, 6) is 1.22. The number of methoxy groups -OCH3 is 1. The van der Waals surface area contributed by atoms with Crippen LogP contribution in [0.2, 0.25) is 0 Å². The summed E-state index contributed by atoms with van der Waals surface area (Å²) in [4.78, 5) is 0.0286. The average molecular weight is 473 g/mol. The van der Waals surface area contributed by atoms with Gasteiger partial charge in [-0.25, -0.2) is 8.42 Å². The van der Waals surface area contributed by atoms with Gasteiger partial charge in [-0.3, -0.25) is 14.9 Å². The van der Waals surface area contributed by atoms with Gasteiger partial charge in [0.1, 0.15) is 17.3 Å². The van der Waals surface area contributed by atoms with Gasteiger partial charge in [-0.1, -0.05) is 12.1 Å². The molecule has 2 heterocycles. The van der Waals surface area contributed by atoms with Crippen molar-refractivity contribution in [3.8, 4) is 11.6 Å². The van der Waals surface area contributed by atoms with E-state index in [1.165, 1.54) is 12.4 Å². The third-order valence-electron chi connectivity index (χ3n) is 4.88. The first-order chi connectivity index (χ1) is 16.0. The van der Waals surface area contributed by atoms with Crippen molar-refractivity contribution < 1.29 is 23.0 Å². The predicted octanol–water partition coefficient (Wildman–Crippen LogP) is 1.80. The number of sulfonamides is 1. The summed E-state index contributed by atoms with van der Waals surface area (Å²) in [6.45, 7) is 1.18. The number of H-pyrrole nitrogens is 2. The summed E-state index contributed by atoms with van der Waals surface area (Å²) >= 11 is 0. The molecule has 33 heavy (non-hydrogen) atoms. The third-order valence-corrected chi connectivity index (χ3v) is 6.23. The normalized spacial score (nSPS) is 12.5. The number of aromatic nitrogens is 4. The number of nitrogens with one attached hydrogen (secondary N) is 4. The SMILES string of the molecule is COc1n[nH]c2cc(OCCNC[C@H](O)c3cccc(NS(=O)(=O)c4cn[nH]c4)c3)ccc12. The molecule has 0 unspecified atom stereocenters. The average Bonchev–Trinajstić information content (AvgIpc) is 3.49. The first kappa shape index (κ1) is 22.6. The maximum absolute atomic E-state index is 12.3. The Bertz CT molecular complexity index is 1310. The highest BCUT2D eigenvalue weighted by Crippen LogP contribution is 2.26. The molecule has 11 nitrogen and oxygen atoms in total. The molecule has 12 heteroatoms. The minimum Gasteiger partial charge on any atom is -0.492 e. The standard InChI is InChI=1S/C21H24N6O5S/c1-31-21-18-6-5-16(10-19(18)25-26-21)32-8-7-22-13-20(28)14-3-2-4-15(9-14)27-33(29,30)17-11-23-24-12-17/h2-6,9-12,20,22,27-28H,7-8,13H2,1H3,(H,23,24)(H,25,26)/t20-/m0/s1. The highest BCUT2D eigenvalue weighted by molar-refractivity contribution is 7.92. The minimum absolute atomic E-state index is 0.0286. The van der Waals surface area contributed by atoms with Crippen molar-refractivity contribution in [1.82, 2.24) is 25.7 Å². The zero-order valence-electron chi connectivity index (χ0n) is 17.8. The van der Waals surface area contributed by atoms with Crippen LogP contribution in [-0.4, -0.2) is 60.7 Å². The third kappa shape index (κ3) is 5.42. The summed E-state index contributed by atoms with van der Waals surface area (Å²) < 4.78 is 38.0. The van der Waals surface area contributed by atoms with Gasteiger partial charge in [-0.15, -0.1) is 5.10 Å². The molecule has 4 rings (SSSR count). The molecule has 0 spiro atoms. The van der Waals surface area contributed by atoms with E-state index in [0.717, 1.165) is 10.9 Å². The number of rotatable bonds is 11. The van der Waals surface area contributed by atoms with Gasteiger partial charge in [0.25, 0.3) is 10.0 Å². The first-order valence-corrected chi connectivity index (χ1v) is 11.6. The molecule has 0 aliphatic carbocycles. The van der Waals surface area contributed by atoms with Crippen LogP contribution in [0.3, 0.4) is 0 Å². The van der Waals surface area contributed by atoms with E-state index < -0.39 is 16.1 Å². The number of hydrogen-bond acceptors (Lipinski definition) is 8. The van der Waals surface area contributed by atoms with Gasteiger partial charge >= 0.3 is 0 Å². The lowest BCUT2D eigenvalue weighted by Gasteiger charge is -2.14. The van der Waals surface area contributed by atoms with Crippen LogP contribution in [0.15, 0.2) is 59.8 Å². The summed E-state index contributed by atoms with van der Waals surface area (Å²) in [5, 5.41) is 27.5. The van der Waals surface area contributed by atoms with Gasteiger partial charge in [0.05, 0.1) is 30.3 Å². The summed E-state index contributed by atoms with van der Waals surface area (Å²) in [5.41, 5.74) is 1.74. The van der Waals surface area contributed by atoms with Crippen LogP contribution in [0.5, 0.6) is 11.6 Å². The van der Waals surface area contributed by atoms with Crippen molar-refractivity contribution in [3.05, 3.63) is 60.4 Å². The topological polar surface area (TPSA) is 154 Å². The minimum atomic E-state index is -3.75. The quantitative estimate of drug-likeness (QED) is 0.207. The largest absolute Gasteiger partial charge is 0.492 e. The Hall–Kier alpha value is -3.61. The number of nitrogens with zero attached hydrogens (tertiary/aromatic N) is 2. The van der Waals surface area contributed by atoms with Crippen molar-refractivity contribution in [2.75, 3.05) is 31.5 Å². The van der Waals surface area contributed by atoms with Crippen LogP contribution in [0, 0.1) is 0 Å². The van der Waals surface area contributed by atoms with Crippen molar-refractivity contribution in [3.63, 3.8) is 0 Å². The van der Waals surface area contributed by atoms with Crippen LogP contribution < -0.4 is 19.5 Å². The highest BCUT2D eigenvalue weighted by atomic mass is 32.2. The van der Waals surface area contributed by atoms with Crippen LogP contribution in [-0.2, 0) is 10.0 Å². The molecule has 2 aromatic carbocycles. The lowest BCUT2D eigenvalue weighted by molar-refractivity contribution is 0.172. The summed E-state index contributed by atoms with van der Waals surface area (Å²) in [7, 11) is -2.18. The Morgan fingerprint density at radius 3 is 2.88 bits per heavy atom. The van der Waals surface area contributed by atoms with Crippen molar-refractivity contribution in [2.45, 2.75) is 11.0 Å². The molecule has 0 bridgehead atoms. The van der Waals surface area contributed by atoms with Crippen LogP contribution >= 0.6 is 0 Å². The Labute approximate surface area is 190 Å². The molecule has 0 aliphatic rings. The molecule has 174 valence electrons. The highest BCUT2D eigenvalue weighted by Gasteiger charge is 2.16. The molecule has 0 radical (unpaired) electrons. The fourth-order valence-corrected chi connectivity index (χ4v) is 4.18. The Morgan fingerprint density at radius 1 is 1.21 bits per heavy atom. The van der Waals surface area contributed by atoms with E-state index in [0.29, 0.717) is 36.0 Å². The second-order valence-electron chi connectivity index (χ2n) is 7.17. The maximum atomic E-state index is 12.3.